The number of pyridine rings is 1. The standard InChI is InChI=1S/C12H15N3O2/c1-12(6-17-7-12)15-11(16)10-2-8-3-13-4-9(8)5-14-10/h2,5,13H,3-4,6-7H2,1H3,(H,15,16). The largest absolute Gasteiger partial charge is 0.376 e. The van der Waals surface area contributed by atoms with Gasteiger partial charge in [-0.2, -0.15) is 0 Å². The highest BCUT2D eigenvalue weighted by Crippen LogP contribution is 2.18. The van der Waals surface area contributed by atoms with E-state index in [4.69, 9.17) is 4.74 Å². The van der Waals surface area contributed by atoms with Crippen LogP contribution in [0.4, 0.5) is 0 Å². The Labute approximate surface area is 99.6 Å². The first-order chi connectivity index (χ1) is 8.16. The normalized spacial score (nSPS) is 20.5. The third-order valence-corrected chi connectivity index (χ3v) is 3.20. The highest BCUT2D eigenvalue weighted by Gasteiger charge is 2.35. The minimum atomic E-state index is -0.226. The molecular formula is C12H15N3O2. The van der Waals surface area contributed by atoms with Crippen LogP contribution in [0.5, 0.6) is 0 Å². The molecule has 0 aromatic carbocycles. The Bertz CT molecular complexity index is 469. The third-order valence-electron chi connectivity index (χ3n) is 3.20. The first kappa shape index (κ1) is 10.7. The molecule has 1 fully saturated rings. The van der Waals surface area contributed by atoms with Crippen molar-refractivity contribution in [3.63, 3.8) is 0 Å². The van der Waals surface area contributed by atoms with E-state index in [9.17, 15) is 4.79 Å². The molecule has 2 aliphatic rings. The second kappa shape index (κ2) is 3.78. The summed E-state index contributed by atoms with van der Waals surface area (Å²) < 4.78 is 5.10. The maximum atomic E-state index is 12.0. The number of rotatable bonds is 2. The van der Waals surface area contributed by atoms with Gasteiger partial charge in [0, 0.05) is 19.3 Å². The summed E-state index contributed by atoms with van der Waals surface area (Å²) in [6, 6.07) is 1.87. The van der Waals surface area contributed by atoms with Crippen molar-refractivity contribution in [2.24, 2.45) is 0 Å². The lowest BCUT2D eigenvalue weighted by atomic mass is 10.0. The molecule has 3 heterocycles. The second-order valence-corrected chi connectivity index (χ2v) is 4.95. The highest BCUT2D eigenvalue weighted by molar-refractivity contribution is 5.93. The van der Waals surface area contributed by atoms with Gasteiger partial charge in [-0.25, -0.2) is 0 Å². The predicted octanol–water partition coefficient (Wildman–Crippen LogP) is 0.203. The Morgan fingerprint density at radius 1 is 1.47 bits per heavy atom. The average Bonchev–Trinajstić information content (AvgIpc) is 2.73. The Kier molecular flexibility index (Phi) is 2.38. The second-order valence-electron chi connectivity index (χ2n) is 4.95. The number of carbonyl (C=O) groups is 1. The minimum Gasteiger partial charge on any atom is -0.376 e. The van der Waals surface area contributed by atoms with E-state index in [-0.39, 0.29) is 11.4 Å². The van der Waals surface area contributed by atoms with Gasteiger partial charge >= 0.3 is 0 Å². The molecule has 0 bridgehead atoms. The number of carbonyl (C=O) groups excluding carboxylic acids is 1. The molecule has 0 aliphatic carbocycles. The Balaban J connectivity index is 1.77. The molecule has 1 saturated heterocycles. The molecule has 5 heteroatoms. The SMILES string of the molecule is CC1(NC(=O)c2cc3c(cn2)CNC3)COC1. The number of nitrogens with one attached hydrogen (secondary N) is 2. The first-order valence-corrected chi connectivity index (χ1v) is 5.75. The Morgan fingerprint density at radius 2 is 2.24 bits per heavy atom. The molecule has 0 atom stereocenters. The van der Waals surface area contributed by atoms with Gasteiger partial charge < -0.3 is 15.4 Å². The molecule has 17 heavy (non-hydrogen) atoms. The van der Waals surface area contributed by atoms with Crippen molar-refractivity contribution in [1.82, 2.24) is 15.6 Å². The lowest BCUT2D eigenvalue weighted by molar-refractivity contribution is -0.0594. The molecule has 0 saturated carbocycles. The van der Waals surface area contributed by atoms with Crippen molar-refractivity contribution in [3.05, 3.63) is 29.1 Å². The summed E-state index contributed by atoms with van der Waals surface area (Å²) in [5.41, 5.74) is 2.61. The van der Waals surface area contributed by atoms with Gasteiger partial charge in [-0.3, -0.25) is 9.78 Å². The van der Waals surface area contributed by atoms with Crippen molar-refractivity contribution in [1.29, 1.82) is 0 Å². The van der Waals surface area contributed by atoms with E-state index in [0.29, 0.717) is 18.9 Å². The summed E-state index contributed by atoms with van der Waals surface area (Å²) in [7, 11) is 0. The van der Waals surface area contributed by atoms with Gasteiger partial charge in [0.15, 0.2) is 0 Å². The quantitative estimate of drug-likeness (QED) is 0.766. The fourth-order valence-corrected chi connectivity index (χ4v) is 2.12. The molecule has 3 rings (SSSR count). The number of fused-ring (bicyclic) bond motifs is 1. The van der Waals surface area contributed by atoms with Gasteiger partial charge in [0.2, 0.25) is 0 Å². The zero-order chi connectivity index (χ0) is 11.9. The summed E-state index contributed by atoms with van der Waals surface area (Å²) in [5, 5.41) is 6.19. The summed E-state index contributed by atoms with van der Waals surface area (Å²) >= 11 is 0. The van der Waals surface area contributed by atoms with E-state index in [1.54, 1.807) is 6.20 Å². The molecule has 0 unspecified atom stereocenters. The van der Waals surface area contributed by atoms with Crippen LogP contribution in [0.1, 0.15) is 28.5 Å². The van der Waals surface area contributed by atoms with Crippen LogP contribution in [0, 0.1) is 0 Å². The Hall–Kier alpha value is -1.46. The van der Waals surface area contributed by atoms with Crippen LogP contribution in [-0.4, -0.2) is 29.6 Å². The fourth-order valence-electron chi connectivity index (χ4n) is 2.12. The third kappa shape index (κ3) is 1.92. The van der Waals surface area contributed by atoms with E-state index in [1.807, 2.05) is 13.0 Å². The lowest BCUT2D eigenvalue weighted by Gasteiger charge is -2.38. The number of nitrogens with zero attached hydrogens (tertiary/aromatic N) is 1. The van der Waals surface area contributed by atoms with Crippen molar-refractivity contribution in [2.45, 2.75) is 25.6 Å². The summed E-state index contributed by atoms with van der Waals surface area (Å²) in [4.78, 5) is 16.2. The van der Waals surface area contributed by atoms with Crippen molar-refractivity contribution < 1.29 is 9.53 Å². The van der Waals surface area contributed by atoms with Gasteiger partial charge in [0.05, 0.1) is 18.8 Å². The summed E-state index contributed by atoms with van der Waals surface area (Å²) in [6.45, 7) is 4.79. The van der Waals surface area contributed by atoms with Crippen LogP contribution in [0.2, 0.25) is 0 Å². The van der Waals surface area contributed by atoms with E-state index in [1.165, 1.54) is 11.1 Å². The molecule has 2 aliphatic heterocycles. The lowest BCUT2D eigenvalue weighted by Crippen LogP contribution is -2.60. The molecule has 0 radical (unpaired) electrons. The van der Waals surface area contributed by atoms with E-state index < -0.39 is 0 Å². The predicted molar refractivity (Wildman–Crippen MR) is 61.5 cm³/mol. The number of amides is 1. The van der Waals surface area contributed by atoms with E-state index in [0.717, 1.165) is 13.1 Å². The molecule has 1 aromatic heterocycles. The fraction of sp³-hybridized carbons (Fsp3) is 0.500. The zero-order valence-corrected chi connectivity index (χ0v) is 9.75. The monoisotopic (exact) mass is 233 g/mol. The average molecular weight is 233 g/mol. The maximum Gasteiger partial charge on any atom is 0.270 e. The smallest absolute Gasteiger partial charge is 0.270 e. The summed E-state index contributed by atoms with van der Waals surface area (Å²) in [5.74, 6) is -0.120. The van der Waals surface area contributed by atoms with E-state index in [2.05, 4.69) is 15.6 Å². The van der Waals surface area contributed by atoms with Crippen molar-refractivity contribution in [3.8, 4) is 0 Å². The van der Waals surface area contributed by atoms with Gasteiger partial charge in [0.1, 0.15) is 5.69 Å². The van der Waals surface area contributed by atoms with Crippen LogP contribution >= 0.6 is 0 Å². The van der Waals surface area contributed by atoms with Crippen LogP contribution in [-0.2, 0) is 17.8 Å². The first-order valence-electron chi connectivity index (χ1n) is 5.75. The Morgan fingerprint density at radius 3 is 2.94 bits per heavy atom. The van der Waals surface area contributed by atoms with Gasteiger partial charge in [-0.1, -0.05) is 0 Å². The molecule has 90 valence electrons. The molecule has 1 amide bonds. The highest BCUT2D eigenvalue weighted by atomic mass is 16.5. The maximum absolute atomic E-state index is 12.0. The minimum absolute atomic E-state index is 0.120. The zero-order valence-electron chi connectivity index (χ0n) is 9.75. The van der Waals surface area contributed by atoms with Crippen LogP contribution in [0.25, 0.3) is 0 Å². The van der Waals surface area contributed by atoms with Crippen LogP contribution in [0.3, 0.4) is 0 Å². The van der Waals surface area contributed by atoms with Gasteiger partial charge in [0.25, 0.3) is 5.91 Å². The number of hydrogen-bond donors (Lipinski definition) is 2. The topological polar surface area (TPSA) is 63.2 Å². The van der Waals surface area contributed by atoms with Crippen LogP contribution in [0.15, 0.2) is 12.3 Å². The molecule has 1 aromatic rings. The summed E-state index contributed by atoms with van der Waals surface area (Å²) in [6.07, 6.45) is 1.78. The van der Waals surface area contributed by atoms with Gasteiger partial charge in [-0.05, 0) is 24.1 Å². The van der Waals surface area contributed by atoms with E-state index >= 15 is 0 Å². The van der Waals surface area contributed by atoms with Gasteiger partial charge in [-0.15, -0.1) is 0 Å². The van der Waals surface area contributed by atoms with Crippen LogP contribution < -0.4 is 10.6 Å². The molecular weight excluding hydrogens is 218 g/mol. The number of hydrogen-bond acceptors (Lipinski definition) is 4. The molecule has 5 nitrogen and oxygen atoms in total. The molecule has 0 spiro atoms. The number of ether oxygens (including phenoxy) is 1. The number of aromatic nitrogens is 1. The van der Waals surface area contributed by atoms with Crippen molar-refractivity contribution in [2.75, 3.05) is 13.2 Å². The molecule has 2 N–H and O–H groups in total. The van der Waals surface area contributed by atoms with Crippen molar-refractivity contribution >= 4 is 5.91 Å².